The number of nitrogens with zero attached hydrogens (tertiary/aromatic N) is 1. The molecule has 0 radical (unpaired) electrons. The quantitative estimate of drug-likeness (QED) is 0.861. The van der Waals surface area contributed by atoms with Crippen molar-refractivity contribution in [1.29, 1.82) is 0 Å². The number of carbonyl (C=O) groups is 1. The predicted octanol–water partition coefficient (Wildman–Crippen LogP) is 1.39. The molecule has 1 amide bonds. The zero-order valence-corrected chi connectivity index (χ0v) is 13.4. The summed E-state index contributed by atoms with van der Waals surface area (Å²) >= 11 is 6.04. The third kappa shape index (κ3) is 4.99. The largest absolute Gasteiger partial charge is 0.370 e. The summed E-state index contributed by atoms with van der Waals surface area (Å²) in [6.07, 6.45) is 1.50. The highest BCUT2D eigenvalue weighted by Gasteiger charge is 2.17. The molecule has 1 heterocycles. The Labute approximate surface area is 131 Å². The maximum Gasteiger partial charge on any atom is 0.226 e. The average molecular weight is 312 g/mol. The molecule has 2 rings (SSSR count). The molecule has 0 spiro atoms. The van der Waals surface area contributed by atoms with Crippen LogP contribution in [0.5, 0.6) is 0 Å². The Morgan fingerprint density at radius 3 is 2.81 bits per heavy atom. The lowest BCUT2D eigenvalue weighted by Gasteiger charge is -2.26. The van der Waals surface area contributed by atoms with Crippen LogP contribution >= 0.6 is 11.6 Å². The van der Waals surface area contributed by atoms with Crippen LogP contribution in [0.15, 0.2) is 24.3 Å². The number of rotatable bonds is 6. The van der Waals surface area contributed by atoms with Crippen molar-refractivity contribution < 1.29 is 14.4 Å². The van der Waals surface area contributed by atoms with E-state index in [1.807, 2.05) is 36.1 Å². The first kappa shape index (κ1) is 16.3. The maximum absolute atomic E-state index is 12.2. The summed E-state index contributed by atoms with van der Waals surface area (Å²) in [5, 5.41) is 0.667. The molecule has 1 aromatic rings. The van der Waals surface area contributed by atoms with Gasteiger partial charge in [-0.1, -0.05) is 24.6 Å². The van der Waals surface area contributed by atoms with Crippen molar-refractivity contribution >= 4 is 23.2 Å². The van der Waals surface area contributed by atoms with Crippen LogP contribution in [0.4, 0.5) is 5.69 Å². The number of amides is 1. The molecule has 1 fully saturated rings. The van der Waals surface area contributed by atoms with E-state index < -0.39 is 0 Å². The number of benzene rings is 1. The fourth-order valence-electron chi connectivity index (χ4n) is 2.63. The predicted molar refractivity (Wildman–Crippen MR) is 85.1 cm³/mol. The summed E-state index contributed by atoms with van der Waals surface area (Å²) in [7, 11) is 0. The second-order valence-electron chi connectivity index (χ2n) is 5.34. The molecular weight excluding hydrogens is 288 g/mol. The molecule has 0 atom stereocenters. The highest BCUT2D eigenvalue weighted by atomic mass is 35.5. The van der Waals surface area contributed by atoms with Gasteiger partial charge >= 0.3 is 0 Å². The number of ether oxygens (including phenoxy) is 1. The minimum Gasteiger partial charge on any atom is -0.370 e. The van der Waals surface area contributed by atoms with Gasteiger partial charge in [-0.3, -0.25) is 4.79 Å². The van der Waals surface area contributed by atoms with Gasteiger partial charge in [0.1, 0.15) is 13.1 Å². The summed E-state index contributed by atoms with van der Waals surface area (Å²) in [4.78, 5) is 15.6. The zero-order valence-electron chi connectivity index (χ0n) is 12.6. The fraction of sp³-hybridized carbons (Fsp3) is 0.562. The Morgan fingerprint density at radius 1 is 1.38 bits per heavy atom. The Hall–Kier alpha value is -1.10. The molecule has 0 bridgehead atoms. The summed E-state index contributed by atoms with van der Waals surface area (Å²) in [6, 6.07) is 7.52. The summed E-state index contributed by atoms with van der Waals surface area (Å²) in [6.45, 7) is 7.56. The van der Waals surface area contributed by atoms with Crippen molar-refractivity contribution in [2.45, 2.75) is 19.8 Å². The van der Waals surface area contributed by atoms with Gasteiger partial charge in [-0.05, 0) is 18.2 Å². The van der Waals surface area contributed by atoms with Crippen molar-refractivity contribution in [2.75, 3.05) is 44.3 Å². The molecule has 1 aliphatic rings. The molecule has 1 N–H and O–H groups in total. The first-order chi connectivity index (χ1) is 10.2. The van der Waals surface area contributed by atoms with E-state index in [-0.39, 0.29) is 5.91 Å². The molecule has 0 saturated carbocycles. The van der Waals surface area contributed by atoms with Gasteiger partial charge in [-0.2, -0.15) is 0 Å². The van der Waals surface area contributed by atoms with E-state index in [1.165, 1.54) is 0 Å². The van der Waals surface area contributed by atoms with Gasteiger partial charge in [-0.25, -0.2) is 0 Å². The van der Waals surface area contributed by atoms with Crippen molar-refractivity contribution in [3.8, 4) is 0 Å². The molecule has 0 unspecified atom stereocenters. The van der Waals surface area contributed by atoms with Crippen LogP contribution in [-0.2, 0) is 9.53 Å². The molecule has 116 valence electrons. The highest BCUT2D eigenvalue weighted by Crippen LogP contribution is 2.20. The minimum atomic E-state index is 0.147. The Morgan fingerprint density at radius 2 is 2.14 bits per heavy atom. The standard InChI is InChI=1S/C16H23ClN2O2/c1-2-16(20)19(15-6-3-5-14(17)13-15)8-4-7-18-9-11-21-12-10-18/h3,5-6,13H,2,4,7-12H2,1H3/p+1. The fourth-order valence-corrected chi connectivity index (χ4v) is 2.81. The Balaban J connectivity index is 1.92. The van der Waals surface area contributed by atoms with Crippen molar-refractivity contribution in [2.24, 2.45) is 0 Å². The molecule has 1 aliphatic heterocycles. The summed E-state index contributed by atoms with van der Waals surface area (Å²) < 4.78 is 5.37. The number of carbonyl (C=O) groups excluding carboxylic acids is 1. The van der Waals surface area contributed by atoms with Crippen LogP contribution in [0.2, 0.25) is 5.02 Å². The van der Waals surface area contributed by atoms with Crippen LogP contribution in [0, 0.1) is 0 Å². The number of hydrogen-bond donors (Lipinski definition) is 1. The average Bonchev–Trinajstić information content (AvgIpc) is 2.52. The Kier molecular flexibility index (Phi) is 6.49. The minimum absolute atomic E-state index is 0.147. The smallest absolute Gasteiger partial charge is 0.226 e. The van der Waals surface area contributed by atoms with Crippen LogP contribution in [0.3, 0.4) is 0 Å². The molecule has 1 aromatic carbocycles. The number of hydrogen-bond acceptors (Lipinski definition) is 2. The number of nitrogens with one attached hydrogen (secondary N) is 1. The topological polar surface area (TPSA) is 34.0 Å². The molecule has 5 heteroatoms. The van der Waals surface area contributed by atoms with Gasteiger partial charge in [0, 0.05) is 30.1 Å². The van der Waals surface area contributed by atoms with E-state index in [1.54, 1.807) is 4.90 Å². The third-order valence-electron chi connectivity index (χ3n) is 3.84. The van der Waals surface area contributed by atoms with Crippen LogP contribution in [0.1, 0.15) is 19.8 Å². The Bertz CT molecular complexity index is 461. The van der Waals surface area contributed by atoms with E-state index in [9.17, 15) is 4.79 Å². The van der Waals surface area contributed by atoms with E-state index in [2.05, 4.69) is 0 Å². The van der Waals surface area contributed by atoms with Crippen LogP contribution in [0.25, 0.3) is 0 Å². The third-order valence-corrected chi connectivity index (χ3v) is 4.07. The van der Waals surface area contributed by atoms with Gasteiger partial charge in [0.2, 0.25) is 5.91 Å². The lowest BCUT2D eigenvalue weighted by Crippen LogP contribution is -3.14. The van der Waals surface area contributed by atoms with Crippen LogP contribution in [-0.4, -0.2) is 45.3 Å². The van der Waals surface area contributed by atoms with Crippen molar-refractivity contribution in [3.05, 3.63) is 29.3 Å². The highest BCUT2D eigenvalue weighted by molar-refractivity contribution is 6.30. The van der Waals surface area contributed by atoms with Gasteiger partial charge in [0.25, 0.3) is 0 Å². The summed E-state index contributed by atoms with van der Waals surface area (Å²) in [5.74, 6) is 0.147. The number of quaternary nitrogens is 1. The second-order valence-corrected chi connectivity index (χ2v) is 5.78. The van der Waals surface area contributed by atoms with Crippen molar-refractivity contribution in [1.82, 2.24) is 0 Å². The van der Waals surface area contributed by atoms with E-state index in [0.29, 0.717) is 11.4 Å². The zero-order chi connectivity index (χ0) is 15.1. The molecule has 0 aromatic heterocycles. The van der Waals surface area contributed by atoms with Gasteiger partial charge in [-0.15, -0.1) is 0 Å². The number of halogens is 1. The maximum atomic E-state index is 12.2. The first-order valence-electron chi connectivity index (χ1n) is 7.68. The molecular formula is C16H24ClN2O2+. The van der Waals surface area contributed by atoms with Crippen LogP contribution < -0.4 is 9.80 Å². The molecule has 4 nitrogen and oxygen atoms in total. The van der Waals surface area contributed by atoms with E-state index >= 15 is 0 Å². The second kappa shape index (κ2) is 8.37. The number of anilines is 1. The molecule has 21 heavy (non-hydrogen) atoms. The lowest BCUT2D eigenvalue weighted by atomic mass is 10.2. The van der Waals surface area contributed by atoms with Crippen molar-refractivity contribution in [3.63, 3.8) is 0 Å². The number of morpholine rings is 1. The van der Waals surface area contributed by atoms with E-state index in [0.717, 1.165) is 51.5 Å². The normalized spacial score (nSPS) is 15.9. The van der Waals surface area contributed by atoms with Gasteiger partial charge < -0.3 is 14.5 Å². The monoisotopic (exact) mass is 311 g/mol. The lowest BCUT2D eigenvalue weighted by molar-refractivity contribution is -0.908. The van der Waals surface area contributed by atoms with Gasteiger partial charge in [0.05, 0.1) is 19.8 Å². The first-order valence-corrected chi connectivity index (χ1v) is 8.05. The molecule has 0 aliphatic carbocycles. The molecule has 1 saturated heterocycles. The van der Waals surface area contributed by atoms with E-state index in [4.69, 9.17) is 16.3 Å². The SMILES string of the molecule is CCC(=O)N(CCC[NH+]1CCOCC1)c1cccc(Cl)c1. The van der Waals surface area contributed by atoms with Gasteiger partial charge in [0.15, 0.2) is 0 Å². The summed E-state index contributed by atoms with van der Waals surface area (Å²) in [5.41, 5.74) is 0.895.